The Kier molecular flexibility index (Phi) is 4.59. The zero-order valence-electron chi connectivity index (χ0n) is 15.6. The Morgan fingerprint density at radius 3 is 2.77 bits per heavy atom. The zero-order valence-corrected chi connectivity index (χ0v) is 16.4. The van der Waals surface area contributed by atoms with Crippen LogP contribution in [0.2, 0.25) is 0 Å². The second kappa shape index (κ2) is 6.89. The molecule has 0 spiro atoms. The molecule has 0 fully saturated rings. The molecule has 1 aromatic heterocycles. The van der Waals surface area contributed by atoms with Gasteiger partial charge in [0.25, 0.3) is 5.91 Å². The first-order valence-corrected chi connectivity index (χ1v) is 10.1. The Morgan fingerprint density at radius 2 is 2.04 bits per heavy atom. The van der Waals surface area contributed by atoms with Crippen LogP contribution in [0.15, 0.2) is 35.9 Å². The van der Waals surface area contributed by atoms with Gasteiger partial charge in [-0.2, -0.15) is 0 Å². The average Bonchev–Trinajstić information content (AvgIpc) is 3.00. The van der Waals surface area contributed by atoms with Crippen molar-refractivity contribution >= 4 is 28.3 Å². The predicted octanol–water partition coefficient (Wildman–Crippen LogP) is 2.68. The van der Waals surface area contributed by atoms with E-state index in [1.165, 1.54) is 10.4 Å². The SMILES string of the molecule is C/C(=C/c1ccccc1)[C@@H]1NC(=O)c2c(sc3c2CC[NH+](C(C)C)C3)N1. The second-order valence-corrected chi connectivity index (χ2v) is 8.65. The molecule has 136 valence electrons. The second-order valence-electron chi connectivity index (χ2n) is 7.55. The number of nitrogens with one attached hydrogen (secondary N) is 3. The molecular weight excluding hydrogens is 342 g/mol. The Morgan fingerprint density at radius 1 is 1.27 bits per heavy atom. The van der Waals surface area contributed by atoms with Crippen LogP contribution in [0.3, 0.4) is 0 Å². The highest BCUT2D eigenvalue weighted by Gasteiger charge is 2.34. The van der Waals surface area contributed by atoms with Crippen molar-refractivity contribution in [2.45, 2.75) is 45.9 Å². The molecule has 4 nitrogen and oxygen atoms in total. The van der Waals surface area contributed by atoms with Crippen molar-refractivity contribution in [1.29, 1.82) is 0 Å². The predicted molar refractivity (Wildman–Crippen MR) is 108 cm³/mol. The summed E-state index contributed by atoms with van der Waals surface area (Å²) in [6.07, 6.45) is 2.97. The minimum Gasteiger partial charge on any atom is -0.353 e. The van der Waals surface area contributed by atoms with Crippen molar-refractivity contribution in [2.75, 3.05) is 11.9 Å². The van der Waals surface area contributed by atoms with E-state index in [9.17, 15) is 4.79 Å². The third kappa shape index (κ3) is 3.17. The number of benzene rings is 1. The van der Waals surface area contributed by atoms with Crippen molar-refractivity contribution in [3.63, 3.8) is 0 Å². The molecular formula is C21H26N3OS+. The van der Waals surface area contributed by atoms with Gasteiger partial charge in [0.05, 0.1) is 23.0 Å². The van der Waals surface area contributed by atoms with Gasteiger partial charge < -0.3 is 15.5 Å². The van der Waals surface area contributed by atoms with Gasteiger partial charge in [0.15, 0.2) is 0 Å². The van der Waals surface area contributed by atoms with Crippen molar-refractivity contribution in [1.82, 2.24) is 5.32 Å². The third-order valence-electron chi connectivity index (χ3n) is 5.42. The number of carbonyl (C=O) groups excluding carboxylic acids is 1. The summed E-state index contributed by atoms with van der Waals surface area (Å²) in [5.74, 6) is 0.0649. The Labute approximate surface area is 158 Å². The van der Waals surface area contributed by atoms with E-state index in [-0.39, 0.29) is 12.1 Å². The first-order chi connectivity index (χ1) is 12.5. The fourth-order valence-electron chi connectivity index (χ4n) is 3.83. The smallest absolute Gasteiger partial charge is 0.256 e. The molecule has 5 heteroatoms. The van der Waals surface area contributed by atoms with Crippen LogP contribution in [0.25, 0.3) is 6.08 Å². The molecule has 1 aromatic carbocycles. The van der Waals surface area contributed by atoms with E-state index < -0.39 is 0 Å². The summed E-state index contributed by atoms with van der Waals surface area (Å²) < 4.78 is 0. The minimum absolute atomic E-state index is 0.0649. The van der Waals surface area contributed by atoms with E-state index >= 15 is 0 Å². The topological polar surface area (TPSA) is 45.6 Å². The molecule has 1 unspecified atom stereocenters. The lowest BCUT2D eigenvalue weighted by atomic mass is 9.99. The molecule has 1 amide bonds. The van der Waals surface area contributed by atoms with Crippen LogP contribution in [0.4, 0.5) is 5.00 Å². The number of rotatable bonds is 3. The summed E-state index contributed by atoms with van der Waals surface area (Å²) in [7, 11) is 0. The normalized spacial score (nSPS) is 22.5. The lowest BCUT2D eigenvalue weighted by Gasteiger charge is -2.29. The summed E-state index contributed by atoms with van der Waals surface area (Å²) >= 11 is 1.77. The molecule has 0 aliphatic carbocycles. The summed E-state index contributed by atoms with van der Waals surface area (Å²) in [6.45, 7) is 8.74. The van der Waals surface area contributed by atoms with Crippen LogP contribution in [0.1, 0.15) is 47.1 Å². The molecule has 4 rings (SSSR count). The lowest BCUT2D eigenvalue weighted by Crippen LogP contribution is -3.14. The summed E-state index contributed by atoms with van der Waals surface area (Å²) in [5, 5.41) is 7.74. The number of hydrogen-bond acceptors (Lipinski definition) is 3. The Balaban J connectivity index is 1.60. The largest absolute Gasteiger partial charge is 0.353 e. The number of fused-ring (bicyclic) bond motifs is 3. The first-order valence-electron chi connectivity index (χ1n) is 9.32. The van der Waals surface area contributed by atoms with Crippen LogP contribution < -0.4 is 15.5 Å². The van der Waals surface area contributed by atoms with Gasteiger partial charge in [0.2, 0.25) is 0 Å². The number of hydrogen-bond donors (Lipinski definition) is 3. The molecule has 2 aromatic rings. The quantitative estimate of drug-likeness (QED) is 0.780. The van der Waals surface area contributed by atoms with Gasteiger partial charge in [0, 0.05) is 6.42 Å². The lowest BCUT2D eigenvalue weighted by molar-refractivity contribution is -0.936. The maximum atomic E-state index is 12.8. The van der Waals surface area contributed by atoms with Crippen LogP contribution in [0.5, 0.6) is 0 Å². The third-order valence-corrected chi connectivity index (χ3v) is 6.58. The van der Waals surface area contributed by atoms with Crippen molar-refractivity contribution < 1.29 is 9.69 Å². The Hall–Kier alpha value is -2.11. The molecule has 3 N–H and O–H groups in total. The van der Waals surface area contributed by atoms with Gasteiger partial charge in [-0.1, -0.05) is 36.4 Å². The Bertz CT molecular complexity index is 854. The minimum atomic E-state index is -0.149. The number of thiophene rings is 1. The van der Waals surface area contributed by atoms with Crippen molar-refractivity contribution in [3.05, 3.63) is 57.5 Å². The molecule has 2 atom stereocenters. The van der Waals surface area contributed by atoms with Gasteiger partial charge in [0.1, 0.15) is 17.7 Å². The van der Waals surface area contributed by atoms with Gasteiger partial charge in [-0.3, -0.25) is 4.79 Å². The van der Waals surface area contributed by atoms with E-state index in [1.54, 1.807) is 16.2 Å². The van der Waals surface area contributed by atoms with E-state index in [1.807, 2.05) is 18.2 Å². The standard InChI is InChI=1S/C21H25N3OS/c1-13(2)24-10-9-16-17(12-24)26-21-18(16)20(25)22-19(23-21)14(3)11-15-7-5-4-6-8-15/h4-8,11,13,19,23H,9-10,12H2,1-3H3,(H,22,25)/p+1/b14-11-/t19-/m1/s1. The maximum Gasteiger partial charge on any atom is 0.256 e. The molecule has 2 aliphatic heterocycles. The molecule has 0 radical (unpaired) electrons. The van der Waals surface area contributed by atoms with Gasteiger partial charge in [-0.15, -0.1) is 11.3 Å². The average molecular weight is 369 g/mol. The highest BCUT2D eigenvalue weighted by molar-refractivity contribution is 7.16. The van der Waals surface area contributed by atoms with Crippen LogP contribution in [-0.2, 0) is 13.0 Å². The van der Waals surface area contributed by atoms with E-state index in [0.717, 1.165) is 41.2 Å². The molecule has 0 saturated carbocycles. The number of anilines is 1. The van der Waals surface area contributed by atoms with Gasteiger partial charge in [-0.25, -0.2) is 0 Å². The van der Waals surface area contributed by atoms with Crippen LogP contribution in [0, 0.1) is 0 Å². The number of carbonyl (C=O) groups is 1. The first kappa shape index (κ1) is 17.3. The highest BCUT2D eigenvalue weighted by Crippen LogP contribution is 2.37. The molecule has 2 aliphatic rings. The summed E-state index contributed by atoms with van der Waals surface area (Å²) in [5.41, 5.74) is 4.41. The summed E-state index contributed by atoms with van der Waals surface area (Å²) in [6, 6.07) is 10.8. The van der Waals surface area contributed by atoms with E-state index in [0.29, 0.717) is 6.04 Å². The number of quaternary nitrogens is 1. The number of amides is 1. The van der Waals surface area contributed by atoms with Gasteiger partial charge >= 0.3 is 0 Å². The summed E-state index contributed by atoms with van der Waals surface area (Å²) in [4.78, 5) is 15.8. The molecule has 3 heterocycles. The molecule has 0 bridgehead atoms. The van der Waals surface area contributed by atoms with Crippen LogP contribution in [-0.4, -0.2) is 24.7 Å². The van der Waals surface area contributed by atoms with Gasteiger partial charge in [-0.05, 0) is 37.5 Å². The van der Waals surface area contributed by atoms with Crippen molar-refractivity contribution in [2.24, 2.45) is 0 Å². The van der Waals surface area contributed by atoms with Crippen molar-refractivity contribution in [3.8, 4) is 0 Å². The molecule has 26 heavy (non-hydrogen) atoms. The highest BCUT2D eigenvalue weighted by atomic mass is 32.1. The van der Waals surface area contributed by atoms with E-state index in [2.05, 4.69) is 49.6 Å². The fourth-order valence-corrected chi connectivity index (χ4v) is 5.15. The molecule has 0 saturated heterocycles. The van der Waals surface area contributed by atoms with Crippen LogP contribution >= 0.6 is 11.3 Å². The maximum absolute atomic E-state index is 12.8. The monoisotopic (exact) mass is 368 g/mol. The zero-order chi connectivity index (χ0) is 18.3. The fraction of sp³-hybridized carbons (Fsp3) is 0.381. The van der Waals surface area contributed by atoms with E-state index in [4.69, 9.17) is 0 Å².